The summed E-state index contributed by atoms with van der Waals surface area (Å²) in [5.41, 5.74) is 0.297. The molecule has 0 unspecified atom stereocenters. The van der Waals surface area contributed by atoms with E-state index in [4.69, 9.17) is 11.6 Å². The van der Waals surface area contributed by atoms with Crippen molar-refractivity contribution in [3.05, 3.63) is 34.6 Å². The Hall–Kier alpha value is -0.930. The van der Waals surface area contributed by atoms with Crippen LogP contribution >= 0.6 is 11.6 Å². The quantitative estimate of drug-likeness (QED) is 0.794. The number of nitrogens with zero attached hydrogens (tertiary/aromatic N) is 1. The van der Waals surface area contributed by atoms with Crippen LogP contribution < -0.4 is 0 Å². The van der Waals surface area contributed by atoms with Crippen LogP contribution in [0.15, 0.2) is 18.2 Å². The minimum absolute atomic E-state index is 0.0637. The summed E-state index contributed by atoms with van der Waals surface area (Å²) in [6.45, 7) is 4.03. The SMILES string of the molecule is CCC(CC)(C(=O)Cc1ccc(F)c(Cl)c1)N(C)C. The van der Waals surface area contributed by atoms with E-state index >= 15 is 0 Å². The minimum Gasteiger partial charge on any atom is -0.297 e. The van der Waals surface area contributed by atoms with Gasteiger partial charge in [0.2, 0.25) is 0 Å². The maximum atomic E-state index is 13.1. The first-order valence-corrected chi connectivity index (χ1v) is 6.89. The van der Waals surface area contributed by atoms with Crippen LogP contribution in [-0.2, 0) is 11.2 Å². The summed E-state index contributed by atoms with van der Waals surface area (Å²) < 4.78 is 13.1. The van der Waals surface area contributed by atoms with Gasteiger partial charge in [-0.2, -0.15) is 0 Å². The molecule has 0 aliphatic heterocycles. The highest BCUT2D eigenvalue weighted by molar-refractivity contribution is 6.30. The van der Waals surface area contributed by atoms with Crippen LogP contribution in [-0.4, -0.2) is 30.3 Å². The lowest BCUT2D eigenvalue weighted by Gasteiger charge is -2.37. The van der Waals surface area contributed by atoms with Gasteiger partial charge >= 0.3 is 0 Å². The Bertz CT molecular complexity index is 455. The Balaban J connectivity index is 2.97. The average Bonchev–Trinajstić information content (AvgIpc) is 2.35. The highest BCUT2D eigenvalue weighted by Gasteiger charge is 2.36. The van der Waals surface area contributed by atoms with Crippen molar-refractivity contribution in [1.29, 1.82) is 0 Å². The molecule has 0 spiro atoms. The summed E-state index contributed by atoms with van der Waals surface area (Å²) in [6, 6.07) is 4.45. The van der Waals surface area contributed by atoms with E-state index in [-0.39, 0.29) is 17.2 Å². The number of benzene rings is 1. The zero-order valence-corrected chi connectivity index (χ0v) is 12.7. The standard InChI is InChI=1S/C15H21ClFNO/c1-5-15(6-2,18(3)4)14(19)10-11-7-8-13(17)12(16)9-11/h7-9H,5-6,10H2,1-4H3. The molecule has 0 saturated carbocycles. The maximum absolute atomic E-state index is 13.1. The average molecular weight is 286 g/mol. The molecular weight excluding hydrogens is 265 g/mol. The van der Waals surface area contributed by atoms with Gasteiger partial charge in [0.1, 0.15) is 5.82 Å². The van der Waals surface area contributed by atoms with Crippen molar-refractivity contribution in [2.24, 2.45) is 0 Å². The van der Waals surface area contributed by atoms with Gasteiger partial charge < -0.3 is 0 Å². The highest BCUT2D eigenvalue weighted by atomic mass is 35.5. The zero-order valence-electron chi connectivity index (χ0n) is 12.0. The second kappa shape index (κ2) is 6.49. The Morgan fingerprint density at radius 2 is 1.89 bits per heavy atom. The summed E-state index contributed by atoms with van der Waals surface area (Å²) in [6.07, 6.45) is 1.79. The molecule has 1 aromatic rings. The molecule has 0 saturated heterocycles. The van der Waals surface area contributed by atoms with Crippen LogP contribution in [0.25, 0.3) is 0 Å². The van der Waals surface area contributed by atoms with Crippen LogP contribution in [0.4, 0.5) is 4.39 Å². The highest BCUT2D eigenvalue weighted by Crippen LogP contribution is 2.25. The van der Waals surface area contributed by atoms with Gasteiger partial charge in [0.25, 0.3) is 0 Å². The van der Waals surface area contributed by atoms with Gasteiger partial charge in [-0.05, 0) is 44.6 Å². The van der Waals surface area contributed by atoms with Crippen molar-refractivity contribution < 1.29 is 9.18 Å². The molecule has 0 radical (unpaired) electrons. The summed E-state index contributed by atoms with van der Waals surface area (Å²) >= 11 is 5.75. The van der Waals surface area contributed by atoms with Crippen LogP contribution in [0.5, 0.6) is 0 Å². The predicted octanol–water partition coefficient (Wildman–Crippen LogP) is 3.71. The van der Waals surface area contributed by atoms with E-state index in [1.165, 1.54) is 12.1 Å². The van der Waals surface area contributed by atoms with Gasteiger partial charge in [-0.25, -0.2) is 4.39 Å². The zero-order chi connectivity index (χ0) is 14.6. The first-order chi connectivity index (χ1) is 8.87. The van der Waals surface area contributed by atoms with E-state index in [0.717, 1.165) is 18.4 Å². The molecular formula is C15H21ClFNO. The summed E-state index contributed by atoms with van der Waals surface area (Å²) in [7, 11) is 3.84. The van der Waals surface area contributed by atoms with Crippen molar-refractivity contribution >= 4 is 17.4 Å². The first-order valence-electron chi connectivity index (χ1n) is 6.52. The van der Waals surface area contributed by atoms with Crippen LogP contribution in [0.2, 0.25) is 5.02 Å². The van der Waals surface area contributed by atoms with E-state index < -0.39 is 11.4 Å². The third kappa shape index (κ3) is 3.34. The fourth-order valence-electron chi connectivity index (χ4n) is 2.53. The monoisotopic (exact) mass is 285 g/mol. The molecule has 106 valence electrons. The van der Waals surface area contributed by atoms with E-state index in [1.54, 1.807) is 6.07 Å². The number of halogens is 2. The lowest BCUT2D eigenvalue weighted by atomic mass is 9.83. The third-order valence-corrected chi connectivity index (χ3v) is 4.18. The third-order valence-electron chi connectivity index (χ3n) is 3.89. The topological polar surface area (TPSA) is 20.3 Å². The molecule has 0 aromatic heterocycles. The second-order valence-corrected chi connectivity index (χ2v) is 5.39. The lowest BCUT2D eigenvalue weighted by molar-refractivity contribution is -0.129. The molecule has 0 aliphatic carbocycles. The predicted molar refractivity (Wildman–Crippen MR) is 77.1 cm³/mol. The van der Waals surface area contributed by atoms with E-state index in [9.17, 15) is 9.18 Å². The van der Waals surface area contributed by atoms with Gasteiger partial charge in [0.05, 0.1) is 10.6 Å². The molecule has 0 bridgehead atoms. The second-order valence-electron chi connectivity index (χ2n) is 4.98. The van der Waals surface area contributed by atoms with Gasteiger partial charge in [-0.15, -0.1) is 0 Å². The molecule has 0 aliphatic rings. The van der Waals surface area contributed by atoms with Crippen LogP contribution in [0.3, 0.4) is 0 Å². The summed E-state index contributed by atoms with van der Waals surface area (Å²) in [4.78, 5) is 14.5. The summed E-state index contributed by atoms with van der Waals surface area (Å²) in [5, 5.41) is 0.0637. The number of Topliss-reactive ketones (excluding diaryl/α,β-unsaturated/α-hetero) is 1. The van der Waals surface area contributed by atoms with Crippen molar-refractivity contribution in [2.45, 2.75) is 38.6 Å². The van der Waals surface area contributed by atoms with Crippen molar-refractivity contribution in [3.8, 4) is 0 Å². The normalized spacial score (nSPS) is 11.9. The minimum atomic E-state index is -0.457. The molecule has 4 heteroatoms. The number of likely N-dealkylation sites (N-methyl/N-ethyl adjacent to an activating group) is 1. The van der Waals surface area contributed by atoms with Gasteiger partial charge in [0, 0.05) is 6.42 Å². The number of ketones is 1. The van der Waals surface area contributed by atoms with Crippen LogP contribution in [0, 0.1) is 5.82 Å². The smallest absolute Gasteiger partial charge is 0.157 e. The van der Waals surface area contributed by atoms with Gasteiger partial charge in [-0.1, -0.05) is 31.5 Å². The number of rotatable bonds is 6. The number of hydrogen-bond acceptors (Lipinski definition) is 2. The van der Waals surface area contributed by atoms with Crippen molar-refractivity contribution in [2.75, 3.05) is 14.1 Å². The molecule has 0 N–H and O–H groups in total. The van der Waals surface area contributed by atoms with Crippen LogP contribution in [0.1, 0.15) is 32.3 Å². The maximum Gasteiger partial charge on any atom is 0.157 e. The Kier molecular flexibility index (Phi) is 5.50. The molecule has 0 fully saturated rings. The molecule has 19 heavy (non-hydrogen) atoms. The van der Waals surface area contributed by atoms with E-state index in [0.29, 0.717) is 0 Å². The lowest BCUT2D eigenvalue weighted by Crippen LogP contribution is -2.50. The van der Waals surface area contributed by atoms with Crippen molar-refractivity contribution in [3.63, 3.8) is 0 Å². The molecule has 1 aromatic carbocycles. The molecule has 1 rings (SSSR count). The van der Waals surface area contributed by atoms with Gasteiger partial charge in [-0.3, -0.25) is 9.69 Å². The van der Waals surface area contributed by atoms with E-state index in [2.05, 4.69) is 0 Å². The number of carbonyl (C=O) groups is 1. The number of hydrogen-bond donors (Lipinski definition) is 0. The molecule has 2 nitrogen and oxygen atoms in total. The largest absolute Gasteiger partial charge is 0.297 e. The molecule has 0 atom stereocenters. The fourth-order valence-corrected chi connectivity index (χ4v) is 2.73. The van der Waals surface area contributed by atoms with Gasteiger partial charge in [0.15, 0.2) is 5.78 Å². The van der Waals surface area contributed by atoms with Crippen molar-refractivity contribution in [1.82, 2.24) is 4.90 Å². The summed E-state index contributed by atoms with van der Waals surface area (Å²) in [5.74, 6) is -0.312. The van der Waals surface area contributed by atoms with E-state index in [1.807, 2.05) is 32.8 Å². The first kappa shape index (κ1) is 16.1. The Labute approximate surface area is 119 Å². The number of carbonyl (C=O) groups excluding carboxylic acids is 1. The Morgan fingerprint density at radius 1 is 1.32 bits per heavy atom. The fraction of sp³-hybridized carbons (Fsp3) is 0.533. The molecule has 0 heterocycles. The Morgan fingerprint density at radius 3 is 2.32 bits per heavy atom. The molecule has 0 amide bonds.